The van der Waals surface area contributed by atoms with E-state index in [1.165, 1.54) is 36.4 Å². The molecule has 31 heavy (non-hydrogen) atoms. The van der Waals surface area contributed by atoms with Crippen molar-refractivity contribution in [3.05, 3.63) is 83.9 Å². The van der Waals surface area contributed by atoms with E-state index in [0.717, 1.165) is 17.5 Å². The Morgan fingerprint density at radius 1 is 0.645 bits per heavy atom. The number of hydrogen-bond acceptors (Lipinski definition) is 4. The molecule has 0 aliphatic carbocycles. The van der Waals surface area contributed by atoms with E-state index in [9.17, 15) is 16.8 Å². The van der Waals surface area contributed by atoms with Gasteiger partial charge in [-0.05, 0) is 73.4 Å². The quantitative estimate of drug-likeness (QED) is 0.507. The van der Waals surface area contributed by atoms with Gasteiger partial charge in [0.2, 0.25) is 0 Å². The summed E-state index contributed by atoms with van der Waals surface area (Å²) in [7, 11) is -7.46. The van der Waals surface area contributed by atoms with Gasteiger partial charge in [0.25, 0.3) is 20.0 Å². The molecule has 3 aromatic carbocycles. The first-order valence-electron chi connectivity index (χ1n) is 9.86. The van der Waals surface area contributed by atoms with Crippen LogP contribution in [0, 0.1) is 12.8 Å². The summed E-state index contributed by atoms with van der Waals surface area (Å²) in [4.78, 5) is 0.327. The van der Waals surface area contributed by atoms with Gasteiger partial charge in [0.05, 0.1) is 9.79 Å². The monoisotopic (exact) mass is 458 g/mol. The highest BCUT2D eigenvalue weighted by Gasteiger charge is 2.16. The second kappa shape index (κ2) is 9.11. The summed E-state index contributed by atoms with van der Waals surface area (Å²) in [5, 5.41) is 0. The van der Waals surface area contributed by atoms with E-state index in [1.54, 1.807) is 24.3 Å². The van der Waals surface area contributed by atoms with E-state index in [1.807, 2.05) is 19.1 Å². The zero-order valence-corrected chi connectivity index (χ0v) is 19.3. The van der Waals surface area contributed by atoms with Crippen LogP contribution >= 0.6 is 0 Å². The summed E-state index contributed by atoms with van der Waals surface area (Å²) in [6.07, 6.45) is 0.883. The van der Waals surface area contributed by atoms with Gasteiger partial charge in [-0.2, -0.15) is 0 Å². The molecule has 0 heterocycles. The van der Waals surface area contributed by atoms with Gasteiger partial charge < -0.3 is 0 Å². The summed E-state index contributed by atoms with van der Waals surface area (Å²) in [6, 6.07) is 19.4. The number of benzene rings is 3. The van der Waals surface area contributed by atoms with E-state index in [-0.39, 0.29) is 9.79 Å². The van der Waals surface area contributed by atoms with Crippen LogP contribution in [0.1, 0.15) is 25.0 Å². The number of sulfonamides is 2. The van der Waals surface area contributed by atoms with Crippen LogP contribution in [0.25, 0.3) is 0 Å². The normalized spacial score (nSPS) is 12.0. The van der Waals surface area contributed by atoms with Gasteiger partial charge in [-0.25, -0.2) is 16.8 Å². The largest absolute Gasteiger partial charge is 0.280 e. The van der Waals surface area contributed by atoms with Gasteiger partial charge in [-0.3, -0.25) is 9.44 Å². The minimum Gasteiger partial charge on any atom is -0.280 e. The van der Waals surface area contributed by atoms with E-state index >= 15 is 0 Å². The van der Waals surface area contributed by atoms with Crippen LogP contribution < -0.4 is 9.44 Å². The third-order valence-electron chi connectivity index (χ3n) is 4.60. The topological polar surface area (TPSA) is 92.3 Å². The lowest BCUT2D eigenvalue weighted by Gasteiger charge is -2.11. The zero-order chi connectivity index (χ0) is 22.6. The molecule has 0 atom stereocenters. The smallest absolute Gasteiger partial charge is 0.261 e. The van der Waals surface area contributed by atoms with Crippen LogP contribution in [0.5, 0.6) is 0 Å². The lowest BCUT2D eigenvalue weighted by Crippen LogP contribution is -2.14. The molecule has 0 aromatic heterocycles. The van der Waals surface area contributed by atoms with Crippen LogP contribution in [-0.4, -0.2) is 16.8 Å². The molecule has 0 bridgehead atoms. The summed E-state index contributed by atoms with van der Waals surface area (Å²) in [5.41, 5.74) is 2.72. The predicted octanol–water partition coefficient (Wildman–Crippen LogP) is 4.80. The number of anilines is 2. The molecule has 6 nitrogen and oxygen atoms in total. The molecule has 0 saturated carbocycles. The molecule has 164 valence electrons. The number of hydrogen-bond donors (Lipinski definition) is 2. The van der Waals surface area contributed by atoms with E-state index in [4.69, 9.17) is 0 Å². The number of nitrogens with one attached hydrogen (secondary N) is 2. The predicted molar refractivity (Wildman–Crippen MR) is 124 cm³/mol. The Hall–Kier alpha value is -2.84. The fraction of sp³-hybridized carbons (Fsp3) is 0.217. The first kappa shape index (κ1) is 22.8. The third-order valence-corrected chi connectivity index (χ3v) is 7.39. The van der Waals surface area contributed by atoms with Gasteiger partial charge >= 0.3 is 0 Å². The molecule has 0 amide bonds. The minimum absolute atomic E-state index is 0.156. The highest BCUT2D eigenvalue weighted by Crippen LogP contribution is 2.21. The first-order chi connectivity index (χ1) is 14.5. The Bertz CT molecular complexity index is 1230. The van der Waals surface area contributed by atoms with Gasteiger partial charge in [0.15, 0.2) is 0 Å². The summed E-state index contributed by atoms with van der Waals surface area (Å²) in [6.45, 7) is 6.09. The molecule has 0 saturated heterocycles. The van der Waals surface area contributed by atoms with Crippen molar-refractivity contribution in [3.63, 3.8) is 0 Å². The standard InChI is InChI=1S/C23H26N2O4S2/c1-17(2)16-19-6-14-23(15-7-19)31(28,29)25-21-10-8-20(9-11-21)24-30(26,27)22-12-4-18(3)5-13-22/h4-15,17,24-25H,16H2,1-3H3. The Kier molecular flexibility index (Phi) is 6.71. The lowest BCUT2D eigenvalue weighted by molar-refractivity contribution is 0.599. The van der Waals surface area contributed by atoms with Crippen molar-refractivity contribution in [3.8, 4) is 0 Å². The first-order valence-corrected chi connectivity index (χ1v) is 12.8. The molecule has 3 rings (SSSR count). The lowest BCUT2D eigenvalue weighted by atomic mass is 10.0. The molecule has 0 unspecified atom stereocenters. The van der Waals surface area contributed by atoms with Crippen LogP contribution in [0.15, 0.2) is 82.6 Å². The van der Waals surface area contributed by atoms with Crippen molar-refractivity contribution in [1.82, 2.24) is 0 Å². The van der Waals surface area contributed by atoms with Crippen LogP contribution in [-0.2, 0) is 26.5 Å². The zero-order valence-electron chi connectivity index (χ0n) is 17.7. The average molecular weight is 459 g/mol. The van der Waals surface area contributed by atoms with Crippen LogP contribution in [0.4, 0.5) is 11.4 Å². The molecule has 2 N–H and O–H groups in total. The molecule has 3 aromatic rings. The molecule has 0 fully saturated rings. The SMILES string of the molecule is Cc1ccc(S(=O)(=O)Nc2ccc(NS(=O)(=O)c3ccc(CC(C)C)cc3)cc2)cc1. The fourth-order valence-electron chi connectivity index (χ4n) is 3.03. The van der Waals surface area contributed by atoms with Crippen molar-refractivity contribution in [2.45, 2.75) is 37.0 Å². The third kappa shape index (κ3) is 6.08. The summed E-state index contributed by atoms with van der Waals surface area (Å²) < 4.78 is 55.3. The number of aryl methyl sites for hydroxylation is 1. The summed E-state index contributed by atoms with van der Waals surface area (Å²) >= 11 is 0. The molecular weight excluding hydrogens is 432 g/mol. The highest BCUT2D eigenvalue weighted by molar-refractivity contribution is 7.93. The highest BCUT2D eigenvalue weighted by atomic mass is 32.2. The molecule has 0 aliphatic rings. The molecule has 0 radical (unpaired) electrons. The number of rotatable bonds is 8. The minimum atomic E-state index is -3.74. The Morgan fingerprint density at radius 2 is 1.03 bits per heavy atom. The maximum absolute atomic E-state index is 12.6. The van der Waals surface area contributed by atoms with E-state index in [0.29, 0.717) is 17.3 Å². The second-order valence-electron chi connectivity index (χ2n) is 7.84. The van der Waals surface area contributed by atoms with E-state index in [2.05, 4.69) is 23.3 Å². The van der Waals surface area contributed by atoms with Gasteiger partial charge in [-0.15, -0.1) is 0 Å². The van der Waals surface area contributed by atoms with Gasteiger partial charge in [0, 0.05) is 11.4 Å². The van der Waals surface area contributed by atoms with Crippen molar-refractivity contribution >= 4 is 31.4 Å². The Labute approximate surface area is 184 Å². The molecular formula is C23H26N2O4S2. The van der Waals surface area contributed by atoms with Crippen molar-refractivity contribution in [1.29, 1.82) is 0 Å². The van der Waals surface area contributed by atoms with Gasteiger partial charge in [-0.1, -0.05) is 43.7 Å². The van der Waals surface area contributed by atoms with Crippen molar-refractivity contribution in [2.24, 2.45) is 5.92 Å². The fourth-order valence-corrected chi connectivity index (χ4v) is 5.15. The van der Waals surface area contributed by atoms with Crippen LogP contribution in [0.3, 0.4) is 0 Å². The van der Waals surface area contributed by atoms with Crippen molar-refractivity contribution in [2.75, 3.05) is 9.44 Å². The molecule has 8 heteroatoms. The van der Waals surface area contributed by atoms with Crippen molar-refractivity contribution < 1.29 is 16.8 Å². The molecule has 0 spiro atoms. The van der Waals surface area contributed by atoms with Gasteiger partial charge in [0.1, 0.15) is 0 Å². The molecule has 0 aliphatic heterocycles. The second-order valence-corrected chi connectivity index (χ2v) is 11.2. The summed E-state index contributed by atoms with van der Waals surface area (Å²) in [5.74, 6) is 0.488. The van der Waals surface area contributed by atoms with E-state index < -0.39 is 20.0 Å². The Balaban J connectivity index is 1.70. The average Bonchev–Trinajstić information content (AvgIpc) is 2.69. The maximum atomic E-state index is 12.6. The van der Waals surface area contributed by atoms with Crippen LogP contribution in [0.2, 0.25) is 0 Å². The Morgan fingerprint density at radius 3 is 1.42 bits per heavy atom. The maximum Gasteiger partial charge on any atom is 0.261 e.